The minimum Gasteiger partial charge on any atom is -0.474 e. The molecule has 0 aliphatic carbocycles. The summed E-state index contributed by atoms with van der Waals surface area (Å²) in [6, 6.07) is 6.16. The van der Waals surface area contributed by atoms with Crippen molar-refractivity contribution in [2.45, 2.75) is 25.9 Å². The number of ether oxygens (including phenoxy) is 1. The average Bonchev–Trinajstić information content (AvgIpc) is 2.61. The van der Waals surface area contributed by atoms with E-state index < -0.39 is 5.82 Å². The summed E-state index contributed by atoms with van der Waals surface area (Å²) in [5.74, 6) is 0.485. The zero-order valence-electron chi connectivity index (χ0n) is 13.3. The van der Waals surface area contributed by atoms with Crippen LogP contribution in [-0.4, -0.2) is 29.2 Å². The SMILES string of the molecule is Cc1c(Nc2ccc(C#N)cc2F)ncnc1OC1CCNCC1. The summed E-state index contributed by atoms with van der Waals surface area (Å²) in [6.07, 6.45) is 3.37. The first-order chi connectivity index (χ1) is 11.7. The molecule has 2 N–H and O–H groups in total. The number of anilines is 2. The summed E-state index contributed by atoms with van der Waals surface area (Å²) in [7, 11) is 0. The van der Waals surface area contributed by atoms with Gasteiger partial charge in [0.1, 0.15) is 24.1 Å². The maximum atomic E-state index is 14.0. The van der Waals surface area contributed by atoms with Crippen LogP contribution in [0.1, 0.15) is 24.0 Å². The predicted octanol–water partition coefficient (Wildman–Crippen LogP) is 2.67. The van der Waals surface area contributed by atoms with E-state index in [2.05, 4.69) is 20.6 Å². The predicted molar refractivity (Wildman–Crippen MR) is 87.7 cm³/mol. The van der Waals surface area contributed by atoms with Crippen molar-refractivity contribution in [1.82, 2.24) is 15.3 Å². The van der Waals surface area contributed by atoms with Gasteiger partial charge < -0.3 is 15.4 Å². The van der Waals surface area contributed by atoms with Crippen LogP contribution in [0.5, 0.6) is 5.88 Å². The van der Waals surface area contributed by atoms with Crippen LogP contribution >= 0.6 is 0 Å². The molecule has 1 aliphatic rings. The molecular formula is C17H18FN5O. The number of halogens is 1. The maximum absolute atomic E-state index is 14.0. The summed E-state index contributed by atoms with van der Waals surface area (Å²) >= 11 is 0. The second-order valence-corrected chi connectivity index (χ2v) is 5.65. The Morgan fingerprint density at radius 1 is 1.33 bits per heavy atom. The van der Waals surface area contributed by atoms with Crippen molar-refractivity contribution >= 4 is 11.5 Å². The highest BCUT2D eigenvalue weighted by molar-refractivity contribution is 5.62. The Labute approximate surface area is 139 Å². The number of nitrogens with one attached hydrogen (secondary N) is 2. The van der Waals surface area contributed by atoms with Gasteiger partial charge in [0.05, 0.1) is 22.9 Å². The molecule has 1 saturated heterocycles. The van der Waals surface area contributed by atoms with Crippen LogP contribution in [0.4, 0.5) is 15.9 Å². The molecule has 0 atom stereocenters. The number of piperidine rings is 1. The maximum Gasteiger partial charge on any atom is 0.221 e. The smallest absolute Gasteiger partial charge is 0.221 e. The van der Waals surface area contributed by atoms with Crippen molar-refractivity contribution < 1.29 is 9.13 Å². The normalized spacial score (nSPS) is 14.9. The van der Waals surface area contributed by atoms with Crippen LogP contribution in [0, 0.1) is 24.1 Å². The topological polar surface area (TPSA) is 82.9 Å². The standard InChI is InChI=1S/C17H18FN5O/c1-11-16(23-15-3-2-12(9-19)8-14(15)18)21-10-22-17(11)24-13-4-6-20-7-5-13/h2-3,8,10,13,20H,4-7H2,1H3,(H,21,22,23). The van der Waals surface area contributed by atoms with Gasteiger partial charge in [-0.25, -0.2) is 14.4 Å². The van der Waals surface area contributed by atoms with Gasteiger partial charge in [0, 0.05) is 0 Å². The minimum atomic E-state index is -0.507. The van der Waals surface area contributed by atoms with Gasteiger partial charge >= 0.3 is 0 Å². The zero-order valence-corrected chi connectivity index (χ0v) is 13.3. The van der Waals surface area contributed by atoms with Gasteiger partial charge in [-0.15, -0.1) is 0 Å². The number of aromatic nitrogens is 2. The number of nitriles is 1. The Kier molecular flexibility index (Phi) is 4.87. The molecule has 1 aliphatic heterocycles. The van der Waals surface area contributed by atoms with E-state index in [0.29, 0.717) is 11.7 Å². The van der Waals surface area contributed by atoms with Crippen molar-refractivity contribution in [1.29, 1.82) is 5.26 Å². The van der Waals surface area contributed by atoms with Gasteiger partial charge in [-0.1, -0.05) is 0 Å². The third-order valence-corrected chi connectivity index (χ3v) is 3.95. The molecule has 1 aromatic heterocycles. The second kappa shape index (κ2) is 7.23. The van der Waals surface area contributed by atoms with Crippen LogP contribution < -0.4 is 15.4 Å². The van der Waals surface area contributed by atoms with E-state index in [1.54, 1.807) is 6.07 Å². The van der Waals surface area contributed by atoms with Crippen molar-refractivity contribution in [2.75, 3.05) is 18.4 Å². The van der Waals surface area contributed by atoms with Gasteiger partial charge in [-0.05, 0) is 51.1 Å². The molecule has 0 saturated carbocycles. The van der Waals surface area contributed by atoms with Crippen LogP contribution in [0.25, 0.3) is 0 Å². The molecule has 7 heteroatoms. The van der Waals surface area contributed by atoms with Gasteiger partial charge in [-0.3, -0.25) is 0 Å². The highest BCUT2D eigenvalue weighted by atomic mass is 19.1. The number of benzene rings is 1. The Morgan fingerprint density at radius 3 is 2.83 bits per heavy atom. The lowest BCUT2D eigenvalue weighted by Crippen LogP contribution is -2.34. The molecule has 6 nitrogen and oxygen atoms in total. The summed E-state index contributed by atoms with van der Waals surface area (Å²) in [6.45, 7) is 3.69. The Bertz CT molecular complexity index is 768. The number of hydrogen-bond acceptors (Lipinski definition) is 6. The monoisotopic (exact) mass is 327 g/mol. The van der Waals surface area contributed by atoms with Crippen molar-refractivity contribution in [3.63, 3.8) is 0 Å². The molecule has 1 aromatic carbocycles. The molecular weight excluding hydrogens is 309 g/mol. The first-order valence-corrected chi connectivity index (χ1v) is 7.83. The van der Waals surface area contributed by atoms with E-state index in [1.165, 1.54) is 18.5 Å². The zero-order chi connectivity index (χ0) is 16.9. The molecule has 3 rings (SSSR count). The van der Waals surface area contributed by atoms with Crippen LogP contribution in [0.2, 0.25) is 0 Å². The number of rotatable bonds is 4. The molecule has 0 spiro atoms. The third kappa shape index (κ3) is 3.60. The first-order valence-electron chi connectivity index (χ1n) is 7.83. The fourth-order valence-electron chi connectivity index (χ4n) is 2.56. The van der Waals surface area contributed by atoms with E-state index >= 15 is 0 Å². The van der Waals surface area contributed by atoms with Crippen LogP contribution in [0.15, 0.2) is 24.5 Å². The third-order valence-electron chi connectivity index (χ3n) is 3.95. The van der Waals surface area contributed by atoms with E-state index in [-0.39, 0.29) is 17.4 Å². The highest BCUT2D eigenvalue weighted by Gasteiger charge is 2.18. The number of hydrogen-bond donors (Lipinski definition) is 2. The van der Waals surface area contributed by atoms with Gasteiger partial charge in [0.25, 0.3) is 0 Å². The fourth-order valence-corrected chi connectivity index (χ4v) is 2.56. The molecule has 0 bridgehead atoms. The van der Waals surface area contributed by atoms with Gasteiger partial charge in [0.2, 0.25) is 5.88 Å². The second-order valence-electron chi connectivity index (χ2n) is 5.65. The molecule has 1 fully saturated rings. The molecule has 2 aromatic rings. The highest BCUT2D eigenvalue weighted by Crippen LogP contribution is 2.27. The summed E-state index contributed by atoms with van der Waals surface area (Å²) in [4.78, 5) is 8.36. The molecule has 124 valence electrons. The summed E-state index contributed by atoms with van der Waals surface area (Å²) in [5, 5.41) is 15.0. The van der Waals surface area contributed by atoms with E-state index in [9.17, 15) is 4.39 Å². The Balaban J connectivity index is 1.79. The molecule has 0 amide bonds. The lowest BCUT2D eigenvalue weighted by Gasteiger charge is -2.24. The lowest BCUT2D eigenvalue weighted by atomic mass is 10.1. The van der Waals surface area contributed by atoms with Gasteiger partial charge in [-0.2, -0.15) is 5.26 Å². The number of nitrogens with zero attached hydrogens (tertiary/aromatic N) is 3. The molecule has 24 heavy (non-hydrogen) atoms. The van der Waals surface area contributed by atoms with E-state index in [1.807, 2.05) is 13.0 Å². The molecule has 0 radical (unpaired) electrons. The van der Waals surface area contributed by atoms with Crippen molar-refractivity contribution in [3.8, 4) is 11.9 Å². The quantitative estimate of drug-likeness (QED) is 0.898. The minimum absolute atomic E-state index is 0.124. The fraction of sp³-hybridized carbons (Fsp3) is 0.353. The van der Waals surface area contributed by atoms with Crippen LogP contribution in [-0.2, 0) is 0 Å². The van der Waals surface area contributed by atoms with E-state index in [0.717, 1.165) is 31.5 Å². The summed E-state index contributed by atoms with van der Waals surface area (Å²) in [5.41, 5.74) is 1.25. The molecule has 0 unspecified atom stereocenters. The van der Waals surface area contributed by atoms with Crippen molar-refractivity contribution in [3.05, 3.63) is 41.5 Å². The lowest BCUT2D eigenvalue weighted by molar-refractivity contribution is 0.154. The van der Waals surface area contributed by atoms with Crippen molar-refractivity contribution in [2.24, 2.45) is 0 Å². The van der Waals surface area contributed by atoms with Crippen LogP contribution in [0.3, 0.4) is 0 Å². The first kappa shape index (κ1) is 16.1. The van der Waals surface area contributed by atoms with Gasteiger partial charge in [0.15, 0.2) is 0 Å². The molecule has 2 heterocycles. The Morgan fingerprint density at radius 2 is 2.12 bits per heavy atom. The summed E-state index contributed by atoms with van der Waals surface area (Å²) < 4.78 is 20.0. The Hall–Kier alpha value is -2.72. The van der Waals surface area contributed by atoms with E-state index in [4.69, 9.17) is 10.00 Å². The largest absolute Gasteiger partial charge is 0.474 e. The average molecular weight is 327 g/mol.